The molecule has 1 amide bonds. The summed E-state index contributed by atoms with van der Waals surface area (Å²) in [5, 5.41) is 0. The molecule has 3 aliphatic rings. The second-order valence-corrected chi connectivity index (χ2v) is 15.8. The van der Waals surface area contributed by atoms with E-state index >= 15 is 0 Å². The number of ether oxygens (including phenoxy) is 3. The van der Waals surface area contributed by atoms with E-state index in [4.69, 9.17) is 14.2 Å². The molecule has 1 aromatic heterocycles. The molecule has 0 bridgehead atoms. The SMILES string of the molecule is O=C(CCC(=O)N1c2ccccc2C#Cc2ccccc21)OCCSSCCOC(=O)OC(CC1c2ccccc2-c2cncn21)C1CCCCC1. The van der Waals surface area contributed by atoms with Crippen LogP contribution in [0.3, 0.4) is 0 Å². The minimum absolute atomic E-state index is 0.0109. The summed E-state index contributed by atoms with van der Waals surface area (Å²) in [6.07, 6.45) is 9.21. The van der Waals surface area contributed by atoms with Crippen molar-refractivity contribution in [3.8, 4) is 23.1 Å². The van der Waals surface area contributed by atoms with E-state index in [0.29, 0.717) is 35.2 Å². The standard InChI is InChI=1S/C41H41N3O6S2/c45-39(44-34-16-8-4-10-29(34)18-19-30-11-5-9-17-35(30)44)20-21-40(46)48-22-24-51-52-25-23-49-41(47)50-38(31-12-2-1-3-13-31)26-36-32-14-6-7-15-33(32)37-27-42-28-43(36)37/h4-11,14-17,27-28,31,36,38H,1-3,12-13,20-26H2. The lowest BCUT2D eigenvalue weighted by Crippen LogP contribution is -2.31. The minimum Gasteiger partial charge on any atom is -0.465 e. The fraction of sp³-hybridized carbons (Fsp3) is 0.366. The maximum Gasteiger partial charge on any atom is 0.508 e. The average molecular weight is 736 g/mol. The molecule has 1 saturated carbocycles. The van der Waals surface area contributed by atoms with E-state index in [9.17, 15) is 14.4 Å². The van der Waals surface area contributed by atoms with Crippen LogP contribution in [-0.2, 0) is 23.8 Å². The summed E-state index contributed by atoms with van der Waals surface area (Å²) in [5.41, 5.74) is 6.46. The van der Waals surface area contributed by atoms with Crippen molar-refractivity contribution in [2.24, 2.45) is 5.92 Å². The van der Waals surface area contributed by atoms with E-state index < -0.39 is 12.1 Å². The van der Waals surface area contributed by atoms with Gasteiger partial charge >= 0.3 is 12.1 Å². The second kappa shape index (κ2) is 17.2. The van der Waals surface area contributed by atoms with Gasteiger partial charge in [-0.3, -0.25) is 14.5 Å². The van der Waals surface area contributed by atoms with Crippen LogP contribution in [-0.4, -0.2) is 58.4 Å². The Bertz CT molecular complexity index is 1910. The first-order valence-electron chi connectivity index (χ1n) is 17.9. The quantitative estimate of drug-likeness (QED) is 0.0545. The third-order valence-corrected chi connectivity index (χ3v) is 12.1. The molecule has 2 aliphatic heterocycles. The van der Waals surface area contributed by atoms with Crippen molar-refractivity contribution in [1.29, 1.82) is 0 Å². The number of anilines is 2. The third-order valence-electron chi connectivity index (χ3n) is 9.79. The number of para-hydroxylation sites is 2. The van der Waals surface area contributed by atoms with Crippen LogP contribution in [0.2, 0.25) is 0 Å². The van der Waals surface area contributed by atoms with Crippen molar-refractivity contribution in [3.05, 3.63) is 102 Å². The second-order valence-electron chi connectivity index (χ2n) is 13.1. The first-order valence-corrected chi connectivity index (χ1v) is 20.4. The molecular weight excluding hydrogens is 695 g/mol. The Morgan fingerprint density at radius 3 is 2.19 bits per heavy atom. The van der Waals surface area contributed by atoms with Gasteiger partial charge < -0.3 is 18.8 Å². The number of rotatable bonds is 14. The van der Waals surface area contributed by atoms with Crippen molar-refractivity contribution in [2.45, 2.75) is 63.5 Å². The monoisotopic (exact) mass is 735 g/mol. The zero-order valence-corrected chi connectivity index (χ0v) is 30.5. The molecule has 9 nitrogen and oxygen atoms in total. The van der Waals surface area contributed by atoms with Crippen LogP contribution < -0.4 is 4.90 Å². The molecule has 3 heterocycles. The summed E-state index contributed by atoms with van der Waals surface area (Å²) in [6, 6.07) is 23.5. The topological polar surface area (TPSA) is 100.0 Å². The number of imidazole rings is 1. The lowest BCUT2D eigenvalue weighted by molar-refractivity contribution is -0.144. The van der Waals surface area contributed by atoms with Crippen molar-refractivity contribution in [1.82, 2.24) is 9.55 Å². The van der Waals surface area contributed by atoms with Gasteiger partial charge in [0.2, 0.25) is 5.91 Å². The van der Waals surface area contributed by atoms with E-state index in [2.05, 4.69) is 39.6 Å². The van der Waals surface area contributed by atoms with E-state index in [0.717, 1.165) is 42.5 Å². The number of hydrogen-bond donors (Lipinski definition) is 0. The molecule has 1 aliphatic carbocycles. The molecule has 1 fully saturated rings. The Morgan fingerprint density at radius 2 is 1.46 bits per heavy atom. The zero-order valence-electron chi connectivity index (χ0n) is 28.9. The molecule has 3 aromatic carbocycles. The van der Waals surface area contributed by atoms with Gasteiger partial charge in [0.1, 0.15) is 19.3 Å². The number of aromatic nitrogens is 2. The van der Waals surface area contributed by atoms with Crippen molar-refractivity contribution in [3.63, 3.8) is 0 Å². The van der Waals surface area contributed by atoms with Gasteiger partial charge in [0.15, 0.2) is 0 Å². The Morgan fingerprint density at radius 1 is 0.808 bits per heavy atom. The normalized spacial score (nSPS) is 16.2. The highest BCUT2D eigenvalue weighted by molar-refractivity contribution is 8.76. The summed E-state index contributed by atoms with van der Waals surface area (Å²) in [4.78, 5) is 44.8. The number of fused-ring (bicyclic) bond motifs is 5. The number of carbonyl (C=O) groups is 3. The van der Waals surface area contributed by atoms with E-state index in [1.54, 1.807) is 15.7 Å². The maximum atomic E-state index is 13.4. The van der Waals surface area contributed by atoms with Crippen LogP contribution in [0.5, 0.6) is 0 Å². The number of hydrogen-bond acceptors (Lipinski definition) is 9. The molecule has 268 valence electrons. The third kappa shape index (κ3) is 8.35. The molecule has 0 spiro atoms. The summed E-state index contributed by atoms with van der Waals surface area (Å²) in [7, 11) is 3.08. The summed E-state index contributed by atoms with van der Waals surface area (Å²) in [6.45, 7) is 0.449. The molecule has 52 heavy (non-hydrogen) atoms. The molecule has 4 aromatic rings. The van der Waals surface area contributed by atoms with Gasteiger partial charge in [-0.05, 0) is 48.6 Å². The van der Waals surface area contributed by atoms with Gasteiger partial charge in [-0.2, -0.15) is 0 Å². The smallest absolute Gasteiger partial charge is 0.465 e. The highest BCUT2D eigenvalue weighted by Crippen LogP contribution is 2.43. The van der Waals surface area contributed by atoms with E-state index in [-0.39, 0.29) is 44.1 Å². The molecule has 7 rings (SSSR count). The van der Waals surface area contributed by atoms with Crippen molar-refractivity contribution < 1.29 is 28.6 Å². The molecule has 2 unspecified atom stereocenters. The Labute approximate surface area is 312 Å². The van der Waals surface area contributed by atoms with E-state index in [1.165, 1.54) is 28.3 Å². The molecule has 0 N–H and O–H groups in total. The minimum atomic E-state index is -0.624. The Hall–Kier alpha value is -4.66. The number of carbonyl (C=O) groups excluding carboxylic acids is 3. The van der Waals surface area contributed by atoms with Crippen molar-refractivity contribution in [2.75, 3.05) is 29.6 Å². The first-order chi connectivity index (χ1) is 25.6. The predicted octanol–water partition coefficient (Wildman–Crippen LogP) is 8.73. The van der Waals surface area contributed by atoms with Crippen LogP contribution in [0.25, 0.3) is 11.3 Å². The molecule has 0 saturated heterocycles. The highest BCUT2D eigenvalue weighted by atomic mass is 33.1. The average Bonchev–Trinajstić information content (AvgIpc) is 3.72. The fourth-order valence-corrected chi connectivity index (χ4v) is 8.99. The van der Waals surface area contributed by atoms with Gasteiger partial charge in [-0.25, -0.2) is 9.78 Å². The largest absolute Gasteiger partial charge is 0.508 e. The summed E-state index contributed by atoms with van der Waals surface area (Å²) >= 11 is 0. The van der Waals surface area contributed by atoms with Gasteiger partial charge in [-0.15, -0.1) is 0 Å². The zero-order chi connectivity index (χ0) is 35.7. The van der Waals surface area contributed by atoms with Crippen LogP contribution in [0.1, 0.15) is 74.1 Å². The molecule has 0 radical (unpaired) electrons. The number of esters is 1. The van der Waals surface area contributed by atoms with Gasteiger partial charge in [0.05, 0.1) is 42.1 Å². The van der Waals surface area contributed by atoms with Crippen LogP contribution in [0, 0.1) is 17.8 Å². The van der Waals surface area contributed by atoms with Crippen LogP contribution >= 0.6 is 21.6 Å². The van der Waals surface area contributed by atoms with E-state index in [1.807, 2.05) is 67.1 Å². The highest BCUT2D eigenvalue weighted by Gasteiger charge is 2.35. The summed E-state index contributed by atoms with van der Waals surface area (Å²) < 4.78 is 19.2. The predicted molar refractivity (Wildman–Crippen MR) is 204 cm³/mol. The van der Waals surface area contributed by atoms with Crippen LogP contribution in [0.15, 0.2) is 85.3 Å². The number of amides is 1. The first kappa shape index (κ1) is 35.7. The molecule has 11 heteroatoms. The van der Waals surface area contributed by atoms with Crippen molar-refractivity contribution >= 4 is 51.0 Å². The molecule has 2 atom stereocenters. The number of benzene rings is 3. The lowest BCUT2D eigenvalue weighted by atomic mass is 9.82. The Balaban J connectivity index is 0.808. The lowest BCUT2D eigenvalue weighted by Gasteiger charge is -2.31. The van der Waals surface area contributed by atoms with Gasteiger partial charge in [0, 0.05) is 41.0 Å². The van der Waals surface area contributed by atoms with Gasteiger partial charge in [-0.1, -0.05) is 101 Å². The fourth-order valence-electron chi connectivity index (χ4n) is 7.33. The summed E-state index contributed by atoms with van der Waals surface area (Å²) in [5.74, 6) is 7.14. The molecular formula is C41H41N3O6S2. The van der Waals surface area contributed by atoms with Gasteiger partial charge in [0.25, 0.3) is 0 Å². The maximum absolute atomic E-state index is 13.4. The number of nitrogens with zero attached hydrogens (tertiary/aromatic N) is 3. The Kier molecular flexibility index (Phi) is 11.8. The van der Waals surface area contributed by atoms with Crippen LogP contribution in [0.4, 0.5) is 16.2 Å².